The lowest BCUT2D eigenvalue weighted by Crippen LogP contribution is -2.00. The summed E-state index contributed by atoms with van der Waals surface area (Å²) < 4.78 is 12.1. The van der Waals surface area contributed by atoms with Crippen molar-refractivity contribution in [2.45, 2.75) is 161 Å². The smallest absolute Gasteiger partial charge is 0.119 e. The highest BCUT2D eigenvalue weighted by atomic mass is 16.5. The van der Waals surface area contributed by atoms with Crippen molar-refractivity contribution in [3.05, 3.63) is 65.9 Å². The molecule has 0 spiro atoms. The molecular weight excluding hydrogens is 590 g/mol. The second-order valence-corrected chi connectivity index (χ2v) is 14.1. The van der Waals surface area contributed by atoms with E-state index in [-0.39, 0.29) is 0 Å². The van der Waals surface area contributed by atoms with Crippen LogP contribution in [0.25, 0.3) is 22.4 Å². The highest BCUT2D eigenvalue weighted by molar-refractivity contribution is 5.76. The van der Waals surface area contributed by atoms with E-state index in [1.54, 1.807) is 0 Å². The maximum Gasteiger partial charge on any atom is 0.119 e. The van der Waals surface area contributed by atoms with Gasteiger partial charge in [-0.1, -0.05) is 142 Å². The van der Waals surface area contributed by atoms with Crippen LogP contribution in [-0.4, -0.2) is 23.3 Å². The van der Waals surface area contributed by atoms with Gasteiger partial charge in [-0.2, -0.15) is 0 Å². The number of aliphatic hydroxyl groups excluding tert-OH is 1. The van der Waals surface area contributed by atoms with Crippen molar-refractivity contribution < 1.29 is 14.6 Å². The third-order valence-corrected chi connectivity index (χ3v) is 10.1. The molecule has 2 aromatic carbocycles. The fourth-order valence-electron chi connectivity index (χ4n) is 7.10. The van der Waals surface area contributed by atoms with Crippen LogP contribution in [0.2, 0.25) is 0 Å². The number of aromatic nitrogens is 1. The molecule has 0 unspecified atom stereocenters. The first-order chi connectivity index (χ1) is 23.7. The molecule has 0 bridgehead atoms. The number of rotatable bonds is 26. The van der Waals surface area contributed by atoms with Crippen LogP contribution in [0, 0.1) is 0 Å². The van der Waals surface area contributed by atoms with E-state index in [9.17, 15) is 5.11 Å². The summed E-state index contributed by atoms with van der Waals surface area (Å²) in [6.45, 7) is 6.09. The molecule has 1 N–H and O–H groups in total. The number of benzene rings is 2. The van der Waals surface area contributed by atoms with E-state index in [1.165, 1.54) is 121 Å². The lowest BCUT2D eigenvalue weighted by atomic mass is 9.95. The van der Waals surface area contributed by atoms with Gasteiger partial charge in [-0.15, -0.1) is 0 Å². The standard InChI is InChI=1S/C44H65NO3/c1-3-5-7-9-11-13-15-17-19-21-33-47-38-27-23-36(24-28-38)41-35-45-44(40-31-32-42(46)43(40)41)37-25-29-39(30-26-37)48-34-22-20-18-16-14-12-10-8-6-4-2/h23-30,35,42,46H,3-22,31-34H2,1-2H3/t42-/m0/s1. The van der Waals surface area contributed by atoms with Crippen LogP contribution in [0.15, 0.2) is 54.7 Å². The number of hydrogen-bond donors (Lipinski definition) is 1. The molecule has 0 amide bonds. The average Bonchev–Trinajstić information content (AvgIpc) is 3.51. The Bertz CT molecular complexity index is 1270. The van der Waals surface area contributed by atoms with E-state index >= 15 is 0 Å². The molecule has 0 fully saturated rings. The molecule has 1 heterocycles. The zero-order valence-corrected chi connectivity index (χ0v) is 30.5. The molecule has 0 aliphatic heterocycles. The van der Waals surface area contributed by atoms with Crippen molar-refractivity contribution in [2.24, 2.45) is 0 Å². The lowest BCUT2D eigenvalue weighted by molar-refractivity contribution is 0.180. The quantitative estimate of drug-likeness (QED) is 0.0874. The van der Waals surface area contributed by atoms with E-state index in [2.05, 4.69) is 62.4 Å². The molecule has 1 atom stereocenters. The van der Waals surface area contributed by atoms with Gasteiger partial charge in [0, 0.05) is 17.3 Å². The van der Waals surface area contributed by atoms with Gasteiger partial charge in [0.1, 0.15) is 11.5 Å². The van der Waals surface area contributed by atoms with Crippen LogP contribution < -0.4 is 9.47 Å². The Balaban J connectivity index is 1.20. The van der Waals surface area contributed by atoms with Gasteiger partial charge in [-0.05, 0) is 78.8 Å². The first-order valence-electron chi connectivity index (χ1n) is 19.9. The minimum atomic E-state index is -0.465. The van der Waals surface area contributed by atoms with Gasteiger partial charge in [0.05, 0.1) is 25.0 Å². The van der Waals surface area contributed by atoms with Crippen LogP contribution in [0.5, 0.6) is 11.5 Å². The number of nitrogens with zero attached hydrogens (tertiary/aromatic N) is 1. The Morgan fingerprint density at radius 3 is 1.44 bits per heavy atom. The molecule has 48 heavy (non-hydrogen) atoms. The molecule has 4 heteroatoms. The van der Waals surface area contributed by atoms with Crippen LogP contribution >= 0.6 is 0 Å². The first-order valence-corrected chi connectivity index (χ1v) is 19.9. The SMILES string of the molecule is CCCCCCCCCCCCOc1ccc(-c2cnc(-c3ccc(OCCCCCCCCCCCC)cc3)c3c2[C@@H](O)CC3)cc1. The van der Waals surface area contributed by atoms with Crippen LogP contribution in [0.4, 0.5) is 0 Å². The molecule has 0 saturated heterocycles. The van der Waals surface area contributed by atoms with Gasteiger partial charge in [0.15, 0.2) is 0 Å². The Morgan fingerprint density at radius 1 is 0.562 bits per heavy atom. The fourth-order valence-corrected chi connectivity index (χ4v) is 7.10. The number of ether oxygens (including phenoxy) is 2. The second-order valence-electron chi connectivity index (χ2n) is 14.1. The summed E-state index contributed by atoms with van der Waals surface area (Å²) in [7, 11) is 0. The van der Waals surface area contributed by atoms with Gasteiger partial charge in [-0.25, -0.2) is 0 Å². The molecule has 0 radical (unpaired) electrons. The first kappa shape index (κ1) is 38.0. The molecule has 0 saturated carbocycles. The van der Waals surface area contributed by atoms with E-state index < -0.39 is 6.10 Å². The van der Waals surface area contributed by atoms with Crippen molar-refractivity contribution in [1.82, 2.24) is 4.98 Å². The number of hydrogen-bond acceptors (Lipinski definition) is 4. The minimum Gasteiger partial charge on any atom is -0.494 e. The zero-order valence-electron chi connectivity index (χ0n) is 30.5. The summed E-state index contributed by atoms with van der Waals surface area (Å²) in [5, 5.41) is 11.0. The normalized spacial score (nSPS) is 13.9. The van der Waals surface area contributed by atoms with Crippen molar-refractivity contribution in [3.8, 4) is 33.9 Å². The highest BCUT2D eigenvalue weighted by Gasteiger charge is 2.28. The number of unbranched alkanes of at least 4 members (excludes halogenated alkanes) is 18. The average molecular weight is 656 g/mol. The highest BCUT2D eigenvalue weighted by Crippen LogP contribution is 2.42. The monoisotopic (exact) mass is 655 g/mol. The molecule has 4 rings (SSSR count). The molecular formula is C44H65NO3. The summed E-state index contributed by atoms with van der Waals surface area (Å²) in [5.74, 6) is 1.82. The summed E-state index contributed by atoms with van der Waals surface area (Å²) in [4.78, 5) is 4.94. The lowest BCUT2D eigenvalue weighted by Gasteiger charge is -2.16. The summed E-state index contributed by atoms with van der Waals surface area (Å²) in [6, 6.07) is 16.7. The summed E-state index contributed by atoms with van der Waals surface area (Å²) in [6.07, 6.45) is 29.6. The number of aliphatic hydroxyl groups is 1. The van der Waals surface area contributed by atoms with Crippen molar-refractivity contribution in [1.29, 1.82) is 0 Å². The fraction of sp³-hybridized carbons (Fsp3) is 0.614. The predicted octanol–water partition coefficient (Wildman–Crippen LogP) is 13.0. The van der Waals surface area contributed by atoms with Crippen molar-refractivity contribution in [3.63, 3.8) is 0 Å². The van der Waals surface area contributed by atoms with Crippen LogP contribution in [-0.2, 0) is 6.42 Å². The largest absolute Gasteiger partial charge is 0.494 e. The molecule has 1 aliphatic rings. The topological polar surface area (TPSA) is 51.6 Å². The van der Waals surface area contributed by atoms with Gasteiger partial charge < -0.3 is 14.6 Å². The zero-order chi connectivity index (χ0) is 33.7. The third kappa shape index (κ3) is 12.9. The maximum absolute atomic E-state index is 11.0. The van der Waals surface area contributed by atoms with Crippen molar-refractivity contribution >= 4 is 0 Å². The number of pyridine rings is 1. The Hall–Kier alpha value is -2.85. The summed E-state index contributed by atoms with van der Waals surface area (Å²) >= 11 is 0. The predicted molar refractivity (Wildman–Crippen MR) is 203 cm³/mol. The minimum absolute atomic E-state index is 0.465. The molecule has 264 valence electrons. The molecule has 4 nitrogen and oxygen atoms in total. The Kier molecular flexibility index (Phi) is 18.0. The number of fused-ring (bicyclic) bond motifs is 1. The van der Waals surface area contributed by atoms with Gasteiger partial charge in [-0.3, -0.25) is 4.98 Å². The van der Waals surface area contributed by atoms with E-state index in [0.717, 1.165) is 78.3 Å². The van der Waals surface area contributed by atoms with Gasteiger partial charge in [0.25, 0.3) is 0 Å². The van der Waals surface area contributed by atoms with E-state index in [4.69, 9.17) is 14.5 Å². The van der Waals surface area contributed by atoms with Gasteiger partial charge >= 0.3 is 0 Å². The summed E-state index contributed by atoms with van der Waals surface area (Å²) in [5.41, 5.74) is 6.35. The van der Waals surface area contributed by atoms with Gasteiger partial charge in [0.2, 0.25) is 0 Å². The van der Waals surface area contributed by atoms with Crippen LogP contribution in [0.3, 0.4) is 0 Å². The maximum atomic E-state index is 11.0. The molecule has 3 aromatic rings. The molecule has 1 aromatic heterocycles. The van der Waals surface area contributed by atoms with Crippen molar-refractivity contribution in [2.75, 3.05) is 13.2 Å². The Morgan fingerprint density at radius 2 is 0.979 bits per heavy atom. The second kappa shape index (κ2) is 22.7. The van der Waals surface area contributed by atoms with Crippen LogP contribution in [0.1, 0.15) is 166 Å². The van der Waals surface area contributed by atoms with E-state index in [1.807, 2.05) is 6.20 Å². The molecule has 1 aliphatic carbocycles. The third-order valence-electron chi connectivity index (χ3n) is 10.1. The Labute approximate surface area is 293 Å². The van der Waals surface area contributed by atoms with E-state index in [0.29, 0.717) is 0 Å².